The number of ether oxygens (including phenoxy) is 2. The van der Waals surface area contributed by atoms with E-state index in [-0.39, 0.29) is 0 Å². The van der Waals surface area contributed by atoms with E-state index in [0.29, 0.717) is 16.4 Å². The van der Waals surface area contributed by atoms with Gasteiger partial charge in [0.15, 0.2) is 0 Å². The fourth-order valence-corrected chi connectivity index (χ4v) is 1.68. The van der Waals surface area contributed by atoms with E-state index in [2.05, 4.69) is 4.74 Å². The van der Waals surface area contributed by atoms with Crippen molar-refractivity contribution in [3.63, 3.8) is 0 Å². The van der Waals surface area contributed by atoms with Crippen LogP contribution in [0.4, 0.5) is 0 Å². The Morgan fingerprint density at radius 2 is 1.86 bits per heavy atom. The molecule has 76 valence electrons. The van der Waals surface area contributed by atoms with Gasteiger partial charge in [0.25, 0.3) is 0 Å². The van der Waals surface area contributed by atoms with E-state index in [1.165, 1.54) is 7.11 Å². The quantitative estimate of drug-likeness (QED) is 0.719. The molecule has 0 saturated carbocycles. The Kier molecular flexibility index (Phi) is 3.64. The lowest BCUT2D eigenvalue weighted by atomic mass is 10.4. The summed E-state index contributed by atoms with van der Waals surface area (Å²) < 4.78 is 9.28. The molecule has 1 aromatic heterocycles. The SMILES string of the molecule is CCOC(=O)c1ccc(C(=O)OC)s1. The number of hydrogen-bond acceptors (Lipinski definition) is 5. The second-order valence-electron chi connectivity index (χ2n) is 2.38. The first-order valence-corrected chi connectivity index (χ1v) is 4.86. The Morgan fingerprint density at radius 3 is 2.36 bits per heavy atom. The third kappa shape index (κ3) is 2.32. The molecule has 0 bridgehead atoms. The number of carbonyl (C=O) groups is 2. The Labute approximate surface area is 85.4 Å². The highest BCUT2D eigenvalue weighted by molar-refractivity contribution is 7.15. The lowest BCUT2D eigenvalue weighted by molar-refractivity contribution is 0.0531. The lowest BCUT2D eigenvalue weighted by Gasteiger charge is -1.96. The molecule has 0 aliphatic heterocycles. The molecule has 0 saturated heterocycles. The number of thiophene rings is 1. The summed E-state index contributed by atoms with van der Waals surface area (Å²) in [6.07, 6.45) is 0. The van der Waals surface area contributed by atoms with Crippen LogP contribution in [0.15, 0.2) is 12.1 Å². The van der Waals surface area contributed by atoms with Crippen LogP contribution in [0, 0.1) is 0 Å². The fraction of sp³-hybridized carbons (Fsp3) is 0.333. The highest BCUT2D eigenvalue weighted by Gasteiger charge is 2.14. The molecule has 1 rings (SSSR count). The van der Waals surface area contributed by atoms with Gasteiger partial charge in [-0.2, -0.15) is 0 Å². The molecule has 1 aromatic rings. The van der Waals surface area contributed by atoms with Crippen molar-refractivity contribution in [2.24, 2.45) is 0 Å². The lowest BCUT2D eigenvalue weighted by Crippen LogP contribution is -2.01. The molecule has 4 nitrogen and oxygen atoms in total. The molecule has 0 aliphatic carbocycles. The van der Waals surface area contributed by atoms with E-state index in [0.717, 1.165) is 11.3 Å². The maximum atomic E-state index is 11.2. The van der Waals surface area contributed by atoms with Gasteiger partial charge in [-0.3, -0.25) is 0 Å². The van der Waals surface area contributed by atoms with Gasteiger partial charge in [0.2, 0.25) is 0 Å². The molecule has 0 aromatic carbocycles. The van der Waals surface area contributed by atoms with Crippen LogP contribution in [-0.4, -0.2) is 25.7 Å². The van der Waals surface area contributed by atoms with Gasteiger partial charge in [-0.05, 0) is 19.1 Å². The van der Waals surface area contributed by atoms with Crippen molar-refractivity contribution in [1.29, 1.82) is 0 Å². The first-order chi connectivity index (χ1) is 6.69. The molecule has 5 heteroatoms. The van der Waals surface area contributed by atoms with Crippen LogP contribution in [0.2, 0.25) is 0 Å². The zero-order valence-corrected chi connectivity index (χ0v) is 8.72. The van der Waals surface area contributed by atoms with Crippen LogP contribution >= 0.6 is 11.3 Å². The number of hydrogen-bond donors (Lipinski definition) is 0. The summed E-state index contributed by atoms with van der Waals surface area (Å²) in [7, 11) is 1.30. The summed E-state index contributed by atoms with van der Waals surface area (Å²) in [5.74, 6) is -0.849. The van der Waals surface area contributed by atoms with E-state index in [9.17, 15) is 9.59 Å². The first-order valence-electron chi connectivity index (χ1n) is 4.04. The molecule has 0 aliphatic rings. The average molecular weight is 214 g/mol. The van der Waals surface area contributed by atoms with Gasteiger partial charge in [-0.25, -0.2) is 9.59 Å². The predicted molar refractivity (Wildman–Crippen MR) is 51.6 cm³/mol. The number of esters is 2. The van der Waals surface area contributed by atoms with E-state index in [1.54, 1.807) is 19.1 Å². The third-order valence-electron chi connectivity index (χ3n) is 1.47. The molecular formula is C9H10O4S. The number of carbonyl (C=O) groups excluding carboxylic acids is 2. The Morgan fingerprint density at radius 1 is 1.29 bits per heavy atom. The van der Waals surface area contributed by atoms with E-state index < -0.39 is 11.9 Å². The minimum absolute atomic E-state index is 0.324. The molecule has 0 spiro atoms. The maximum absolute atomic E-state index is 11.2. The largest absolute Gasteiger partial charge is 0.465 e. The normalized spacial score (nSPS) is 9.57. The molecular weight excluding hydrogens is 204 g/mol. The van der Waals surface area contributed by atoms with Crippen molar-refractivity contribution in [2.75, 3.05) is 13.7 Å². The Hall–Kier alpha value is -1.36. The smallest absolute Gasteiger partial charge is 0.348 e. The summed E-state index contributed by atoms with van der Waals surface area (Å²) in [6, 6.07) is 3.09. The Balaban J connectivity index is 2.77. The molecule has 0 unspecified atom stereocenters. The maximum Gasteiger partial charge on any atom is 0.348 e. The summed E-state index contributed by atoms with van der Waals surface area (Å²) >= 11 is 1.06. The fourth-order valence-electron chi connectivity index (χ4n) is 0.860. The van der Waals surface area contributed by atoms with Gasteiger partial charge in [0.1, 0.15) is 9.75 Å². The summed E-state index contributed by atoms with van der Waals surface area (Å²) in [6.45, 7) is 2.05. The van der Waals surface area contributed by atoms with Gasteiger partial charge < -0.3 is 9.47 Å². The molecule has 0 amide bonds. The van der Waals surface area contributed by atoms with Crippen LogP contribution in [0.5, 0.6) is 0 Å². The van der Waals surface area contributed by atoms with Crippen LogP contribution in [0.3, 0.4) is 0 Å². The first kappa shape index (κ1) is 10.7. The second-order valence-corrected chi connectivity index (χ2v) is 3.46. The standard InChI is InChI=1S/C9H10O4S/c1-3-13-9(11)7-5-4-6(14-7)8(10)12-2/h4-5H,3H2,1-2H3. The zero-order valence-electron chi connectivity index (χ0n) is 7.90. The topological polar surface area (TPSA) is 52.6 Å². The van der Waals surface area contributed by atoms with Gasteiger partial charge >= 0.3 is 11.9 Å². The second kappa shape index (κ2) is 4.76. The van der Waals surface area contributed by atoms with Crippen molar-refractivity contribution in [2.45, 2.75) is 6.92 Å². The van der Waals surface area contributed by atoms with Crippen molar-refractivity contribution in [3.8, 4) is 0 Å². The van der Waals surface area contributed by atoms with E-state index in [1.807, 2.05) is 0 Å². The number of methoxy groups -OCH3 is 1. The van der Waals surface area contributed by atoms with Crippen molar-refractivity contribution in [3.05, 3.63) is 21.9 Å². The molecule has 0 radical (unpaired) electrons. The van der Waals surface area contributed by atoms with Gasteiger partial charge in [0, 0.05) is 0 Å². The van der Waals surface area contributed by atoms with Crippen LogP contribution in [0.1, 0.15) is 26.3 Å². The monoisotopic (exact) mass is 214 g/mol. The molecule has 1 heterocycles. The highest BCUT2D eigenvalue weighted by atomic mass is 32.1. The average Bonchev–Trinajstić information content (AvgIpc) is 2.66. The zero-order chi connectivity index (χ0) is 10.6. The van der Waals surface area contributed by atoms with Crippen molar-refractivity contribution in [1.82, 2.24) is 0 Å². The third-order valence-corrected chi connectivity index (χ3v) is 2.51. The molecule has 0 fully saturated rings. The van der Waals surface area contributed by atoms with Crippen LogP contribution in [-0.2, 0) is 9.47 Å². The highest BCUT2D eigenvalue weighted by Crippen LogP contribution is 2.18. The molecule has 0 N–H and O–H groups in total. The van der Waals surface area contributed by atoms with Gasteiger partial charge in [-0.15, -0.1) is 11.3 Å². The predicted octanol–water partition coefficient (Wildman–Crippen LogP) is 1.71. The van der Waals surface area contributed by atoms with E-state index >= 15 is 0 Å². The minimum Gasteiger partial charge on any atom is -0.465 e. The molecule has 14 heavy (non-hydrogen) atoms. The summed E-state index contributed by atoms with van der Waals surface area (Å²) in [5.41, 5.74) is 0. The van der Waals surface area contributed by atoms with E-state index in [4.69, 9.17) is 4.74 Å². The van der Waals surface area contributed by atoms with Gasteiger partial charge in [-0.1, -0.05) is 0 Å². The summed E-state index contributed by atoms with van der Waals surface area (Å²) in [5, 5.41) is 0. The van der Waals surface area contributed by atoms with Crippen molar-refractivity contribution < 1.29 is 19.1 Å². The Bertz CT molecular complexity index is 342. The summed E-state index contributed by atoms with van der Waals surface area (Å²) in [4.78, 5) is 23.1. The van der Waals surface area contributed by atoms with Crippen LogP contribution in [0.25, 0.3) is 0 Å². The van der Waals surface area contributed by atoms with Crippen molar-refractivity contribution >= 4 is 23.3 Å². The number of rotatable bonds is 3. The molecule has 0 atom stereocenters. The van der Waals surface area contributed by atoms with Gasteiger partial charge in [0.05, 0.1) is 13.7 Å². The minimum atomic E-state index is -0.439. The van der Waals surface area contributed by atoms with Crippen LogP contribution < -0.4 is 0 Å².